The minimum absolute atomic E-state index is 0.137. The van der Waals surface area contributed by atoms with Crippen LogP contribution < -0.4 is 10.6 Å². The van der Waals surface area contributed by atoms with Crippen LogP contribution in [0, 0.1) is 13.8 Å². The summed E-state index contributed by atoms with van der Waals surface area (Å²) >= 11 is 0. The Hall–Kier alpha value is -3.68. The van der Waals surface area contributed by atoms with Gasteiger partial charge in [0.2, 0.25) is 0 Å². The highest BCUT2D eigenvalue weighted by molar-refractivity contribution is 5.92. The monoisotopic (exact) mass is 412 g/mol. The molecule has 0 spiro atoms. The van der Waals surface area contributed by atoms with Crippen molar-refractivity contribution < 1.29 is 28.7 Å². The van der Waals surface area contributed by atoms with E-state index >= 15 is 0 Å². The number of aryl methyl sites for hydroxylation is 2. The van der Waals surface area contributed by atoms with Gasteiger partial charge in [-0.2, -0.15) is 0 Å². The molecule has 2 rings (SSSR count). The highest BCUT2D eigenvalue weighted by Crippen LogP contribution is 2.06. The van der Waals surface area contributed by atoms with Gasteiger partial charge < -0.3 is 20.1 Å². The van der Waals surface area contributed by atoms with Gasteiger partial charge in [0.25, 0.3) is 11.8 Å². The zero-order valence-corrected chi connectivity index (χ0v) is 16.9. The molecule has 2 aromatic carbocycles. The summed E-state index contributed by atoms with van der Waals surface area (Å²) in [6, 6.07) is 13.7. The summed E-state index contributed by atoms with van der Waals surface area (Å²) in [5, 5.41) is 5.03. The van der Waals surface area contributed by atoms with Gasteiger partial charge in [-0.3, -0.25) is 9.59 Å². The van der Waals surface area contributed by atoms with Gasteiger partial charge in [-0.1, -0.05) is 35.4 Å². The van der Waals surface area contributed by atoms with E-state index in [0.717, 1.165) is 11.1 Å². The summed E-state index contributed by atoms with van der Waals surface area (Å²) in [5.74, 6) is -2.15. The molecule has 158 valence electrons. The Morgan fingerprint density at radius 1 is 0.700 bits per heavy atom. The molecule has 0 aliphatic heterocycles. The number of benzene rings is 2. The Morgan fingerprint density at radius 2 is 1.10 bits per heavy atom. The summed E-state index contributed by atoms with van der Waals surface area (Å²) < 4.78 is 9.89. The van der Waals surface area contributed by atoms with Crippen LogP contribution in [0.4, 0.5) is 0 Å². The predicted octanol–water partition coefficient (Wildman–Crippen LogP) is 1.55. The molecule has 0 saturated carbocycles. The Kier molecular flexibility index (Phi) is 8.56. The molecule has 0 aromatic heterocycles. The minimum atomic E-state index is -0.586. The molecule has 0 unspecified atom stereocenters. The van der Waals surface area contributed by atoms with Crippen LogP contribution in [0.2, 0.25) is 0 Å². The Labute approximate surface area is 174 Å². The van der Waals surface area contributed by atoms with E-state index in [9.17, 15) is 19.2 Å². The first-order valence-corrected chi connectivity index (χ1v) is 9.36. The van der Waals surface area contributed by atoms with Gasteiger partial charge in [0.1, 0.15) is 0 Å². The average molecular weight is 412 g/mol. The maximum Gasteiger partial charge on any atom is 0.338 e. The van der Waals surface area contributed by atoms with Crippen molar-refractivity contribution >= 4 is 23.8 Å². The molecular formula is C22H24N2O6. The van der Waals surface area contributed by atoms with Gasteiger partial charge in [0, 0.05) is 13.1 Å². The fourth-order valence-corrected chi connectivity index (χ4v) is 2.48. The molecule has 2 aromatic rings. The topological polar surface area (TPSA) is 111 Å². The lowest BCUT2D eigenvalue weighted by Gasteiger charge is -2.09. The first kappa shape index (κ1) is 22.6. The standard InChI is InChI=1S/C22H24N2O6/c1-15-5-3-7-17(11-15)21(27)29-13-19(25)23-9-10-24-20(26)14-30-22(28)18-8-4-6-16(2)12-18/h3-8,11-12H,9-10,13-14H2,1-2H3,(H,23,25)(H,24,26). The number of rotatable bonds is 9. The summed E-state index contributed by atoms with van der Waals surface area (Å²) in [4.78, 5) is 47.2. The molecule has 0 radical (unpaired) electrons. The minimum Gasteiger partial charge on any atom is -0.452 e. The van der Waals surface area contributed by atoms with Crippen LogP contribution >= 0.6 is 0 Å². The largest absolute Gasteiger partial charge is 0.452 e. The van der Waals surface area contributed by atoms with E-state index in [2.05, 4.69) is 10.6 Å². The summed E-state index contributed by atoms with van der Waals surface area (Å²) in [7, 11) is 0. The normalized spacial score (nSPS) is 10.1. The summed E-state index contributed by atoms with van der Waals surface area (Å²) in [6.07, 6.45) is 0. The molecule has 8 nitrogen and oxygen atoms in total. The van der Waals surface area contributed by atoms with E-state index in [-0.39, 0.29) is 13.1 Å². The number of hydrogen-bond donors (Lipinski definition) is 2. The third kappa shape index (κ3) is 7.75. The smallest absolute Gasteiger partial charge is 0.338 e. The molecule has 0 bridgehead atoms. The van der Waals surface area contributed by atoms with Crippen molar-refractivity contribution in [1.29, 1.82) is 0 Å². The second-order valence-corrected chi connectivity index (χ2v) is 6.59. The number of amides is 2. The Bertz CT molecular complexity index is 850. The molecule has 0 heterocycles. The van der Waals surface area contributed by atoms with Gasteiger partial charge in [-0.05, 0) is 38.1 Å². The van der Waals surface area contributed by atoms with E-state index in [1.807, 2.05) is 26.0 Å². The SMILES string of the molecule is Cc1cccc(C(=O)OCC(=O)NCCNC(=O)COC(=O)c2cccc(C)c2)c1. The van der Waals surface area contributed by atoms with Gasteiger partial charge in [0.15, 0.2) is 13.2 Å². The molecule has 0 fully saturated rings. The van der Waals surface area contributed by atoms with Crippen molar-refractivity contribution in [2.75, 3.05) is 26.3 Å². The van der Waals surface area contributed by atoms with Gasteiger partial charge in [0.05, 0.1) is 11.1 Å². The molecule has 0 atom stereocenters. The van der Waals surface area contributed by atoms with E-state index in [4.69, 9.17) is 9.47 Å². The van der Waals surface area contributed by atoms with Gasteiger partial charge >= 0.3 is 11.9 Å². The first-order chi connectivity index (χ1) is 14.3. The van der Waals surface area contributed by atoms with E-state index in [1.54, 1.807) is 36.4 Å². The lowest BCUT2D eigenvalue weighted by atomic mass is 10.1. The maximum absolute atomic E-state index is 11.9. The van der Waals surface area contributed by atoms with Crippen LogP contribution in [-0.4, -0.2) is 50.1 Å². The quantitative estimate of drug-likeness (QED) is 0.478. The third-order valence-corrected chi connectivity index (χ3v) is 3.95. The van der Waals surface area contributed by atoms with Crippen LogP contribution in [0.3, 0.4) is 0 Å². The molecule has 30 heavy (non-hydrogen) atoms. The van der Waals surface area contributed by atoms with E-state index in [0.29, 0.717) is 11.1 Å². The number of hydrogen-bond acceptors (Lipinski definition) is 6. The highest BCUT2D eigenvalue weighted by Gasteiger charge is 2.11. The van der Waals surface area contributed by atoms with Crippen molar-refractivity contribution in [1.82, 2.24) is 10.6 Å². The number of carbonyl (C=O) groups is 4. The predicted molar refractivity (Wildman–Crippen MR) is 109 cm³/mol. The molecule has 0 aliphatic rings. The Morgan fingerprint density at radius 3 is 1.47 bits per heavy atom. The number of carbonyl (C=O) groups excluding carboxylic acids is 4. The van der Waals surface area contributed by atoms with Crippen LogP contribution in [0.1, 0.15) is 31.8 Å². The Balaban J connectivity index is 1.59. The molecule has 8 heteroatoms. The molecule has 2 N–H and O–H groups in total. The lowest BCUT2D eigenvalue weighted by molar-refractivity contribution is -0.125. The van der Waals surface area contributed by atoms with Crippen molar-refractivity contribution in [3.8, 4) is 0 Å². The zero-order valence-electron chi connectivity index (χ0n) is 16.9. The second-order valence-electron chi connectivity index (χ2n) is 6.59. The van der Waals surface area contributed by atoms with Gasteiger partial charge in [-0.25, -0.2) is 9.59 Å². The van der Waals surface area contributed by atoms with Crippen LogP contribution in [-0.2, 0) is 19.1 Å². The van der Waals surface area contributed by atoms with Crippen molar-refractivity contribution in [3.63, 3.8) is 0 Å². The summed E-state index contributed by atoms with van der Waals surface area (Å²) in [5.41, 5.74) is 2.56. The lowest BCUT2D eigenvalue weighted by Crippen LogP contribution is -2.38. The first-order valence-electron chi connectivity index (χ1n) is 9.36. The van der Waals surface area contributed by atoms with Crippen molar-refractivity contribution in [2.24, 2.45) is 0 Å². The van der Waals surface area contributed by atoms with Crippen LogP contribution in [0.25, 0.3) is 0 Å². The van der Waals surface area contributed by atoms with E-state index in [1.165, 1.54) is 0 Å². The zero-order chi connectivity index (χ0) is 21.9. The van der Waals surface area contributed by atoms with Crippen LogP contribution in [0.15, 0.2) is 48.5 Å². The average Bonchev–Trinajstić information content (AvgIpc) is 2.73. The number of esters is 2. The maximum atomic E-state index is 11.9. The number of nitrogens with one attached hydrogen (secondary N) is 2. The summed E-state index contributed by atoms with van der Waals surface area (Å²) in [6.45, 7) is 3.13. The van der Waals surface area contributed by atoms with Crippen LogP contribution in [0.5, 0.6) is 0 Å². The molecule has 0 saturated heterocycles. The molecular weight excluding hydrogens is 388 g/mol. The second kappa shape index (κ2) is 11.4. The van der Waals surface area contributed by atoms with Gasteiger partial charge in [-0.15, -0.1) is 0 Å². The molecule has 0 aliphatic carbocycles. The highest BCUT2D eigenvalue weighted by atomic mass is 16.5. The fraction of sp³-hybridized carbons (Fsp3) is 0.273. The molecule has 2 amide bonds. The van der Waals surface area contributed by atoms with Crippen molar-refractivity contribution in [3.05, 3.63) is 70.8 Å². The number of ether oxygens (including phenoxy) is 2. The van der Waals surface area contributed by atoms with E-state index < -0.39 is 37.0 Å². The third-order valence-electron chi connectivity index (χ3n) is 3.95. The fourth-order valence-electron chi connectivity index (χ4n) is 2.48. The van der Waals surface area contributed by atoms with Crippen molar-refractivity contribution in [2.45, 2.75) is 13.8 Å².